The fraction of sp³-hybridized carbons (Fsp3) is 0. The van der Waals surface area contributed by atoms with E-state index < -0.39 is 15.6 Å². The molecule has 1 unspecified atom stereocenters. The van der Waals surface area contributed by atoms with Crippen molar-refractivity contribution in [3.05, 3.63) is 0 Å². The Kier molecular flexibility index (Phi) is 17.7. The third-order valence-corrected chi connectivity index (χ3v) is 0. The molecule has 0 radical (unpaired) electrons. The molecule has 0 aliphatic carbocycles. The quantitative estimate of drug-likeness (QED) is 0.374. The van der Waals surface area contributed by atoms with Gasteiger partial charge in [0.1, 0.15) is 0 Å². The molecule has 0 amide bonds. The smallest absolute Gasteiger partial charge is 0.822 e. The molecule has 1 atom stereocenters. The molecule has 0 saturated carbocycles. The van der Waals surface area contributed by atoms with Crippen LogP contribution in [0.3, 0.4) is 0 Å². The van der Waals surface area contributed by atoms with Gasteiger partial charge in [0.05, 0.1) is 0 Å². The van der Waals surface area contributed by atoms with E-state index in [1.807, 2.05) is 0 Å². The van der Waals surface area contributed by atoms with Gasteiger partial charge in [-0.1, -0.05) is 0 Å². The summed E-state index contributed by atoms with van der Waals surface area (Å²) >= 11 is 0. The number of hydrogen-bond donors (Lipinski definition) is 3. The van der Waals surface area contributed by atoms with Gasteiger partial charge in [-0.15, -0.1) is 0 Å². The van der Waals surface area contributed by atoms with Crippen LogP contribution in [0.25, 0.3) is 0 Å². The van der Waals surface area contributed by atoms with Crippen molar-refractivity contribution in [2.75, 3.05) is 0 Å². The summed E-state index contributed by atoms with van der Waals surface area (Å²) in [6.45, 7) is 0. The fourth-order valence-electron chi connectivity index (χ4n) is 0. The van der Waals surface area contributed by atoms with Crippen LogP contribution in [0.1, 0.15) is 0 Å². The van der Waals surface area contributed by atoms with Gasteiger partial charge in [0.2, 0.25) is 0 Å². The van der Waals surface area contributed by atoms with E-state index in [1.165, 1.54) is 0 Å². The Labute approximate surface area is 89.9 Å². The number of hydrogen-bond acceptors (Lipinski definition) is 5. The topological polar surface area (TPSA) is 164 Å². The summed E-state index contributed by atoms with van der Waals surface area (Å²) in [7, 11) is -10.0. The van der Waals surface area contributed by atoms with Crippen LogP contribution in [0.2, 0.25) is 0 Å². The largest absolute Gasteiger partial charge is 3.00 e. The van der Waals surface area contributed by atoms with E-state index in [4.69, 9.17) is 38.5 Å². The molecule has 12 heavy (non-hydrogen) atoms. The van der Waals surface area contributed by atoms with Crippen molar-refractivity contribution >= 4 is 51.4 Å². The van der Waals surface area contributed by atoms with Crippen molar-refractivity contribution in [1.82, 2.24) is 0 Å². The zero-order chi connectivity index (χ0) is 9.00. The Morgan fingerprint density at radius 1 is 0.917 bits per heavy atom. The molecule has 0 bridgehead atoms. The number of rotatable bonds is 0. The summed E-state index contributed by atoms with van der Waals surface area (Å²) in [5.74, 6) is 0. The van der Waals surface area contributed by atoms with Crippen LogP contribution in [-0.2, 0) is 9.13 Å². The Morgan fingerprint density at radius 3 is 0.917 bits per heavy atom. The van der Waals surface area contributed by atoms with Crippen LogP contribution in [0.15, 0.2) is 0 Å². The van der Waals surface area contributed by atoms with Gasteiger partial charge < -0.3 is 33.9 Å². The molecule has 0 aliphatic heterocycles. The normalized spacial score (nSPS) is 9.83. The maximum absolute atomic E-state index is 8.88. The van der Waals surface area contributed by atoms with Gasteiger partial charge in [-0.3, -0.25) is 0 Å². The van der Waals surface area contributed by atoms with Gasteiger partial charge in [0.15, 0.2) is 0 Å². The van der Waals surface area contributed by atoms with E-state index in [1.54, 1.807) is 0 Å². The van der Waals surface area contributed by atoms with E-state index >= 15 is 0 Å². The summed E-state index contributed by atoms with van der Waals surface area (Å²) in [6, 6.07) is 0. The standard InChI is InChI=1S/In.2H3O4P.H3P/c;2*1-5(2,3)4;/h;2*(H3,1,2,3,4);1H3/q+3;;;/p-3. The molecule has 0 heterocycles. The van der Waals surface area contributed by atoms with Crippen molar-refractivity contribution in [1.29, 1.82) is 0 Å². The molecule has 0 aromatic rings. The van der Waals surface area contributed by atoms with Gasteiger partial charge in [-0.2, -0.15) is 17.7 Å². The molecule has 0 aromatic carbocycles. The molecule has 12 heteroatoms. The van der Waals surface area contributed by atoms with Crippen LogP contribution < -0.4 is 14.7 Å². The second-order valence-corrected chi connectivity index (χ2v) is 2.88. The van der Waals surface area contributed by atoms with E-state index in [2.05, 4.69) is 0 Å². The maximum Gasteiger partial charge on any atom is 3.00 e. The Bertz CT molecular complexity index is 127. The fourth-order valence-corrected chi connectivity index (χ4v) is 0. The van der Waals surface area contributed by atoms with Crippen LogP contribution in [-0.4, -0.2) is 40.5 Å². The maximum atomic E-state index is 8.88. The zero-order valence-corrected chi connectivity index (χ0v) is 12.1. The van der Waals surface area contributed by atoms with Crippen LogP contribution in [0.5, 0.6) is 0 Å². The average molecular weight is 342 g/mol. The predicted octanol–water partition coefficient (Wildman–Crippen LogP) is -4.08. The van der Waals surface area contributed by atoms with Gasteiger partial charge >= 0.3 is 33.7 Å². The summed E-state index contributed by atoms with van der Waals surface area (Å²) in [5.41, 5.74) is 0. The molecule has 8 nitrogen and oxygen atoms in total. The summed E-state index contributed by atoms with van der Waals surface area (Å²) in [6.07, 6.45) is 0. The van der Waals surface area contributed by atoms with Crippen molar-refractivity contribution < 1.29 is 38.5 Å². The van der Waals surface area contributed by atoms with Crippen molar-refractivity contribution in [3.8, 4) is 0 Å². The molecular formula is H6InO8P3. The molecule has 0 aromatic heterocycles. The van der Waals surface area contributed by atoms with Crippen LogP contribution >= 0.6 is 25.5 Å². The molecule has 0 aliphatic rings. The Balaban J connectivity index is -0.0000000457. The molecule has 0 rings (SSSR count). The van der Waals surface area contributed by atoms with Gasteiger partial charge in [0.25, 0.3) is 0 Å². The van der Waals surface area contributed by atoms with Crippen LogP contribution in [0.4, 0.5) is 0 Å². The molecule has 3 N–H and O–H groups in total. The first-order valence-electron chi connectivity index (χ1n) is 1.51. The van der Waals surface area contributed by atoms with E-state index in [9.17, 15) is 0 Å². The van der Waals surface area contributed by atoms with Crippen molar-refractivity contribution in [2.24, 2.45) is 0 Å². The van der Waals surface area contributed by atoms with Gasteiger partial charge in [-0.25, -0.2) is 4.57 Å². The van der Waals surface area contributed by atoms with Crippen LogP contribution in [0, 0.1) is 0 Å². The zero-order valence-electron chi connectivity index (χ0n) is 5.56. The second-order valence-electron chi connectivity index (χ2n) is 0.960. The van der Waals surface area contributed by atoms with Gasteiger partial charge in [0, 0.05) is 0 Å². The summed E-state index contributed by atoms with van der Waals surface area (Å²) in [5, 5.41) is 0. The average Bonchev–Trinajstić information content (AvgIpc) is 1.12. The van der Waals surface area contributed by atoms with E-state index in [-0.39, 0.29) is 35.7 Å². The first kappa shape index (κ1) is 23.4. The monoisotopic (exact) mass is 342 g/mol. The molecule has 72 valence electrons. The van der Waals surface area contributed by atoms with Crippen molar-refractivity contribution in [2.45, 2.75) is 0 Å². The molecule has 0 fully saturated rings. The molecule has 0 saturated heterocycles. The minimum atomic E-state index is -5.39. The third-order valence-electron chi connectivity index (χ3n) is 0. The first-order chi connectivity index (χ1) is 4.00. The Hall–Kier alpha value is 1.52. The van der Waals surface area contributed by atoms with Gasteiger partial charge in [-0.05, 0) is 0 Å². The van der Waals surface area contributed by atoms with E-state index in [0.29, 0.717) is 0 Å². The Morgan fingerprint density at radius 2 is 0.917 bits per heavy atom. The molecule has 0 spiro atoms. The summed E-state index contributed by atoms with van der Waals surface area (Å²) in [4.78, 5) is 47.2. The minimum Gasteiger partial charge on any atom is -0.822 e. The first-order valence-corrected chi connectivity index (χ1v) is 4.54. The third kappa shape index (κ3) is 552. The SMILES string of the molecule is O=P(O)(O)O.O=P([O-])([O-])[O-].P.[In+3]. The molecular weight excluding hydrogens is 336 g/mol. The van der Waals surface area contributed by atoms with E-state index in [0.717, 1.165) is 0 Å². The number of phosphoric acid groups is 2. The summed E-state index contributed by atoms with van der Waals surface area (Å²) < 4.78 is 17.4. The second kappa shape index (κ2) is 9.09. The predicted molar refractivity (Wildman–Crippen MR) is 38.7 cm³/mol. The minimum absolute atomic E-state index is 0. The van der Waals surface area contributed by atoms with Crippen molar-refractivity contribution in [3.63, 3.8) is 0 Å².